The lowest BCUT2D eigenvalue weighted by molar-refractivity contribution is 0.601. The Balaban J connectivity index is 0.000000112. The molecule has 3 aromatic heterocycles. The summed E-state index contributed by atoms with van der Waals surface area (Å²) in [5, 5.41) is 0. The van der Waals surface area contributed by atoms with E-state index in [-0.39, 0.29) is 18.5 Å². The topological polar surface area (TPSA) is 96.8 Å². The summed E-state index contributed by atoms with van der Waals surface area (Å²) < 4.78 is 0. The molecule has 0 saturated heterocycles. The first-order valence-corrected chi connectivity index (χ1v) is 39.8. The summed E-state index contributed by atoms with van der Waals surface area (Å²) in [6.07, 6.45) is 10.9. The zero-order valence-electron chi connectivity index (χ0n) is 65.8. The van der Waals surface area contributed by atoms with Crippen molar-refractivity contribution in [2.45, 2.75) is 79.9 Å². The van der Waals surface area contributed by atoms with E-state index in [0.717, 1.165) is 52.0 Å². The number of hydrogen-bond acceptors (Lipinski definition) is 12. The summed E-state index contributed by atoms with van der Waals surface area (Å²) in [7, 11) is 2.09. The molecule has 3 aliphatic heterocycles. The third kappa shape index (κ3) is 11.4. The Morgan fingerprint density at radius 3 is 0.722 bits per heavy atom. The van der Waals surface area contributed by atoms with Crippen LogP contribution in [0.3, 0.4) is 0 Å². The van der Waals surface area contributed by atoms with E-state index in [1.165, 1.54) is 156 Å². The fourth-order valence-electron chi connectivity index (χ4n) is 18.9. The Morgan fingerprint density at radius 2 is 0.435 bits per heavy atom. The van der Waals surface area contributed by atoms with Crippen LogP contribution < -0.4 is 29.4 Å². The minimum atomic E-state index is -0.0108. The van der Waals surface area contributed by atoms with E-state index in [1.54, 1.807) is 37.2 Å². The van der Waals surface area contributed by atoms with Gasteiger partial charge in [0, 0.05) is 73.0 Å². The van der Waals surface area contributed by atoms with Gasteiger partial charge in [-0.25, -0.2) is 29.9 Å². The lowest BCUT2D eigenvalue weighted by Crippen LogP contribution is -2.42. The van der Waals surface area contributed by atoms with Crippen LogP contribution in [0.2, 0.25) is 0 Å². The van der Waals surface area contributed by atoms with Gasteiger partial charge in [0.1, 0.15) is 18.5 Å². The maximum absolute atomic E-state index is 4.86. The number of aryl methyl sites for hydroxylation is 3. The quantitative estimate of drug-likeness (QED) is 0.164. The molecule has 0 N–H and O–H groups in total. The van der Waals surface area contributed by atoms with Crippen molar-refractivity contribution in [2.24, 2.45) is 0 Å². The standard InChI is InChI=1S/C37H28N4.C34H30N4.C32H26N4/c1-24-22-33-31-18-10-8-16-29(31)27-14-6-7-15-28(27)30-17-9-11-19-32(30)34(33)23-35(24)41-25(2)40(26-12-4-3-5-13-26)36-37(41)39-21-20-38-36;1-21(2)37-23(4)38(34-33(37)35-17-18-36-34)32-20-31-29-16-10-8-14-27(29)25-12-6-5-11-24(25)26-13-7-9-15-28(26)30(31)19-22(32)3;1-20-18-28-26-14-8-6-12-24(26)22-10-4-5-11-23(22)25-13-7-9-15-27(25)29(28)19-30(20)36-21(2)35(3)31-32(36)34-17-16-33-31/h3-23,25H,1-2H3;5-21,23H,1-4H3;4-19,21H,1-3H3/t25-;23-;21-/m000/s1. The highest BCUT2D eigenvalue weighted by atomic mass is 15.5. The van der Waals surface area contributed by atoms with Crippen LogP contribution in [0.4, 0.5) is 57.7 Å². The van der Waals surface area contributed by atoms with Gasteiger partial charge in [0.25, 0.3) is 0 Å². The number of aromatic nitrogens is 6. The fraction of sp³-hybridized carbons (Fsp3) is 0.126. The summed E-state index contributed by atoms with van der Waals surface area (Å²) in [6, 6.07) is 104. The van der Waals surface area contributed by atoms with Crippen molar-refractivity contribution in [1.82, 2.24) is 29.9 Å². The molecule has 0 fully saturated rings. The summed E-state index contributed by atoms with van der Waals surface area (Å²) >= 11 is 0. The molecule has 556 valence electrons. The van der Waals surface area contributed by atoms with E-state index < -0.39 is 0 Å². The third-order valence-corrected chi connectivity index (χ3v) is 24.1. The predicted molar refractivity (Wildman–Crippen MR) is 475 cm³/mol. The molecule has 3 atom stereocenters. The second-order valence-electron chi connectivity index (χ2n) is 30.9. The van der Waals surface area contributed by atoms with E-state index in [2.05, 4.69) is 376 Å². The molecule has 115 heavy (non-hydrogen) atoms. The molecule has 0 unspecified atom stereocenters. The molecule has 0 amide bonds. The smallest absolute Gasteiger partial charge is 0.178 e. The van der Waals surface area contributed by atoms with Gasteiger partial charge in [0.15, 0.2) is 34.9 Å². The summed E-state index contributed by atoms with van der Waals surface area (Å²) in [5.41, 5.74) is 38.3. The molecule has 0 radical (unpaired) electrons. The van der Waals surface area contributed by atoms with Crippen molar-refractivity contribution in [2.75, 3.05) is 36.4 Å². The Morgan fingerprint density at radius 1 is 0.226 bits per heavy atom. The minimum absolute atomic E-state index is 0.0108. The molecule has 6 heterocycles. The highest BCUT2D eigenvalue weighted by molar-refractivity contribution is 6.08. The largest absolute Gasteiger partial charge is 0.336 e. The number of fused-ring (bicyclic) bond motifs is 27. The first-order chi connectivity index (χ1) is 56.4. The van der Waals surface area contributed by atoms with Crippen LogP contribution in [0.25, 0.3) is 134 Å². The van der Waals surface area contributed by atoms with E-state index in [4.69, 9.17) is 24.9 Å². The van der Waals surface area contributed by atoms with Gasteiger partial charge in [-0.15, -0.1) is 0 Å². The number of anilines is 10. The molecule has 0 saturated carbocycles. The molecule has 0 bridgehead atoms. The van der Waals surface area contributed by atoms with Crippen molar-refractivity contribution in [3.8, 4) is 134 Å². The van der Waals surface area contributed by atoms with E-state index in [0.29, 0.717) is 6.04 Å². The van der Waals surface area contributed by atoms with Gasteiger partial charge < -0.3 is 29.4 Å². The summed E-state index contributed by atoms with van der Waals surface area (Å²) in [5.74, 6) is 5.42. The SMILES string of the molecule is Cc1cc2c(cc1N1c3nccnc3N(C(C)C)[C@@H]1C)-c1ccccc1-c1ccccc1-c1ccccc1-2.Cc1cc2c(cc1N1c3nccnc3N(C)[C@@H]1C)-c1ccccc1-c1ccccc1-c1ccccc1-2.Cc1cc2c(cc1N1c3nccnc3N(c3ccccc3)[C@@H]1C)-c1ccccc1-c1ccccc1-c1ccccc1-2. The third-order valence-electron chi connectivity index (χ3n) is 24.1. The van der Waals surface area contributed by atoms with E-state index >= 15 is 0 Å². The van der Waals surface area contributed by atoms with Crippen LogP contribution in [0.15, 0.2) is 322 Å². The Labute approximate surface area is 672 Å². The molecule has 3 aliphatic carbocycles. The van der Waals surface area contributed by atoms with Crippen LogP contribution in [-0.4, -0.2) is 61.5 Å². The van der Waals surface area contributed by atoms with Gasteiger partial charge >= 0.3 is 0 Å². The van der Waals surface area contributed by atoms with Crippen LogP contribution in [0.5, 0.6) is 0 Å². The molecule has 6 aliphatic rings. The van der Waals surface area contributed by atoms with Gasteiger partial charge in [0.2, 0.25) is 0 Å². The number of para-hydroxylation sites is 1. The molecule has 12 nitrogen and oxygen atoms in total. The Hall–Kier alpha value is -14.1. The van der Waals surface area contributed by atoms with Gasteiger partial charge in [-0.3, -0.25) is 0 Å². The lowest BCUT2D eigenvalue weighted by Gasteiger charge is -2.33. The molecule has 22 rings (SSSR count). The van der Waals surface area contributed by atoms with Crippen molar-refractivity contribution < 1.29 is 0 Å². The van der Waals surface area contributed by atoms with E-state index in [1.807, 2.05) is 6.07 Å². The predicted octanol–water partition coefficient (Wildman–Crippen LogP) is 25.6. The maximum atomic E-state index is 4.86. The molecule has 16 aromatic rings. The van der Waals surface area contributed by atoms with Crippen LogP contribution in [0.1, 0.15) is 51.3 Å². The van der Waals surface area contributed by atoms with E-state index in [9.17, 15) is 0 Å². The number of benzene rings is 13. The van der Waals surface area contributed by atoms with Crippen LogP contribution >= 0.6 is 0 Å². The molecule has 0 spiro atoms. The molecule has 12 heteroatoms. The molecule has 13 aromatic carbocycles. The van der Waals surface area contributed by atoms with Crippen molar-refractivity contribution in [3.63, 3.8) is 0 Å². The minimum Gasteiger partial charge on any atom is -0.336 e. The zero-order chi connectivity index (χ0) is 77.9. The maximum Gasteiger partial charge on any atom is 0.178 e. The summed E-state index contributed by atoms with van der Waals surface area (Å²) in [6.45, 7) is 17.8. The highest BCUT2D eigenvalue weighted by Gasteiger charge is 2.42. The van der Waals surface area contributed by atoms with Gasteiger partial charge in [0.05, 0.1) is 0 Å². The van der Waals surface area contributed by atoms with Crippen molar-refractivity contribution in [1.29, 1.82) is 0 Å². The Kier molecular flexibility index (Phi) is 17.2. The second-order valence-corrected chi connectivity index (χ2v) is 30.9. The summed E-state index contributed by atoms with van der Waals surface area (Å²) in [4.78, 5) is 42.4. The van der Waals surface area contributed by atoms with Crippen molar-refractivity contribution >= 4 is 57.7 Å². The first-order valence-electron chi connectivity index (χ1n) is 39.8. The number of rotatable bonds is 5. The average Bonchev–Trinajstić information content (AvgIpc) is 1.09. The van der Waals surface area contributed by atoms with Crippen molar-refractivity contribution in [3.05, 3.63) is 339 Å². The van der Waals surface area contributed by atoms with Gasteiger partial charge in [-0.1, -0.05) is 237 Å². The van der Waals surface area contributed by atoms with Crippen LogP contribution in [0, 0.1) is 20.8 Å². The second kappa shape index (κ2) is 28.3. The fourth-order valence-corrected chi connectivity index (χ4v) is 18.9. The average molecular weight is 1490 g/mol. The highest BCUT2D eigenvalue weighted by Crippen LogP contribution is 2.57. The number of nitrogens with zero attached hydrogens (tertiary/aromatic N) is 12. The monoisotopic (exact) mass is 1490 g/mol. The first kappa shape index (κ1) is 70.0. The normalized spacial score (nSPS) is 15.1. The van der Waals surface area contributed by atoms with Crippen LogP contribution in [-0.2, 0) is 0 Å². The Bertz CT molecular complexity index is 6550. The van der Waals surface area contributed by atoms with Gasteiger partial charge in [-0.2, -0.15) is 0 Å². The molecular formula is C103H84N12. The zero-order valence-corrected chi connectivity index (χ0v) is 65.8. The number of hydrogen-bond donors (Lipinski definition) is 0. The lowest BCUT2D eigenvalue weighted by atomic mass is 9.80. The van der Waals surface area contributed by atoms with Gasteiger partial charge in [-0.05, 0) is 254 Å². The molecular weight excluding hydrogens is 1410 g/mol.